The summed E-state index contributed by atoms with van der Waals surface area (Å²) in [5.41, 5.74) is 0. The quantitative estimate of drug-likeness (QED) is 0.427. The van der Waals surface area contributed by atoms with Crippen molar-refractivity contribution in [2.75, 3.05) is 26.1 Å². The lowest BCUT2D eigenvalue weighted by atomic mass is 10.3. The summed E-state index contributed by atoms with van der Waals surface area (Å²) in [4.78, 5) is 11.8. The number of carbonyl (C=O) groups excluding carboxylic acids is 1. The third-order valence-electron chi connectivity index (χ3n) is 1.95. The van der Waals surface area contributed by atoms with Gasteiger partial charge in [0.15, 0.2) is 0 Å². The van der Waals surface area contributed by atoms with Crippen LogP contribution in [-0.4, -0.2) is 32.0 Å². The summed E-state index contributed by atoms with van der Waals surface area (Å²) in [7, 11) is 1.54. The first kappa shape index (κ1) is 14.0. The molecule has 0 saturated heterocycles. The van der Waals surface area contributed by atoms with E-state index in [9.17, 15) is 9.18 Å². The molecule has 1 aromatic rings. The molecule has 0 N–H and O–H groups in total. The van der Waals surface area contributed by atoms with E-state index in [2.05, 4.69) is 0 Å². The molecule has 0 aliphatic rings. The van der Waals surface area contributed by atoms with E-state index in [0.717, 1.165) is 0 Å². The van der Waals surface area contributed by atoms with Crippen LogP contribution in [0.4, 0.5) is 4.39 Å². The third-order valence-corrected chi connectivity index (χ3v) is 3.00. The number of hydrogen-bond donors (Lipinski definition) is 0. The Labute approximate surface area is 104 Å². The van der Waals surface area contributed by atoms with E-state index in [1.165, 1.54) is 17.8 Å². The number of esters is 1. The molecule has 94 valence electrons. The van der Waals surface area contributed by atoms with E-state index in [0.29, 0.717) is 17.3 Å². The molecule has 1 rings (SSSR count). The molecule has 0 heterocycles. The van der Waals surface area contributed by atoms with Gasteiger partial charge in [0.2, 0.25) is 0 Å². The fourth-order valence-corrected chi connectivity index (χ4v) is 1.99. The van der Waals surface area contributed by atoms with Crippen LogP contribution in [-0.2, 0) is 14.3 Å². The van der Waals surface area contributed by atoms with E-state index in [1.54, 1.807) is 25.3 Å². The van der Waals surface area contributed by atoms with Gasteiger partial charge >= 0.3 is 5.97 Å². The molecule has 0 spiro atoms. The summed E-state index contributed by atoms with van der Waals surface area (Å²) in [5, 5.41) is 0. The first-order chi connectivity index (χ1) is 8.24. The number of rotatable bonds is 7. The molecule has 0 atom stereocenters. The fraction of sp³-hybridized carbons (Fsp3) is 0.417. The number of hydrogen-bond acceptors (Lipinski definition) is 4. The monoisotopic (exact) mass is 258 g/mol. The Hall–Kier alpha value is -1.07. The molecule has 0 aromatic heterocycles. The molecular weight excluding hydrogens is 243 g/mol. The second-order valence-corrected chi connectivity index (χ2v) is 4.38. The van der Waals surface area contributed by atoms with Gasteiger partial charge in [-0.3, -0.25) is 4.79 Å². The van der Waals surface area contributed by atoms with Crippen molar-refractivity contribution in [3.8, 4) is 0 Å². The molecule has 0 amide bonds. The van der Waals surface area contributed by atoms with Crippen molar-refractivity contribution in [2.24, 2.45) is 0 Å². The van der Waals surface area contributed by atoms with Crippen molar-refractivity contribution in [1.29, 1.82) is 0 Å². The first-order valence-electron chi connectivity index (χ1n) is 5.26. The lowest BCUT2D eigenvalue weighted by molar-refractivity contribution is -0.144. The smallest absolute Gasteiger partial charge is 0.306 e. The average Bonchev–Trinajstić information content (AvgIpc) is 2.32. The average molecular weight is 258 g/mol. The van der Waals surface area contributed by atoms with Crippen LogP contribution in [0.1, 0.15) is 6.42 Å². The van der Waals surface area contributed by atoms with Gasteiger partial charge in [0.1, 0.15) is 12.4 Å². The SMILES string of the molecule is COCCOC(=O)CCSc1ccccc1F. The Morgan fingerprint density at radius 1 is 1.35 bits per heavy atom. The number of carbonyl (C=O) groups is 1. The van der Waals surface area contributed by atoms with Crippen molar-refractivity contribution in [1.82, 2.24) is 0 Å². The first-order valence-corrected chi connectivity index (χ1v) is 6.24. The molecule has 0 aliphatic heterocycles. The van der Waals surface area contributed by atoms with Gasteiger partial charge in [-0.1, -0.05) is 12.1 Å². The third kappa shape index (κ3) is 5.70. The maximum absolute atomic E-state index is 13.2. The minimum absolute atomic E-state index is 0.259. The van der Waals surface area contributed by atoms with Crippen LogP contribution in [0, 0.1) is 5.82 Å². The van der Waals surface area contributed by atoms with Gasteiger partial charge in [-0.15, -0.1) is 11.8 Å². The van der Waals surface area contributed by atoms with Gasteiger partial charge < -0.3 is 9.47 Å². The van der Waals surface area contributed by atoms with Crippen molar-refractivity contribution in [3.05, 3.63) is 30.1 Å². The highest BCUT2D eigenvalue weighted by Gasteiger charge is 2.05. The molecule has 17 heavy (non-hydrogen) atoms. The lowest BCUT2D eigenvalue weighted by Gasteiger charge is -2.04. The van der Waals surface area contributed by atoms with Crippen molar-refractivity contribution < 1.29 is 18.7 Å². The van der Waals surface area contributed by atoms with Gasteiger partial charge in [-0.25, -0.2) is 4.39 Å². The molecule has 0 saturated carbocycles. The van der Waals surface area contributed by atoms with Crippen LogP contribution < -0.4 is 0 Å². The summed E-state index contributed by atoms with van der Waals surface area (Å²) < 4.78 is 22.8. The maximum atomic E-state index is 13.2. The predicted octanol–water partition coefficient (Wildman–Crippen LogP) is 2.50. The highest BCUT2D eigenvalue weighted by atomic mass is 32.2. The molecule has 0 aliphatic carbocycles. The number of ether oxygens (including phenoxy) is 2. The second kappa shape index (κ2) is 8.08. The molecule has 1 aromatic carbocycles. The van der Waals surface area contributed by atoms with E-state index < -0.39 is 0 Å². The van der Waals surface area contributed by atoms with E-state index in [1.807, 2.05) is 0 Å². The van der Waals surface area contributed by atoms with Crippen molar-refractivity contribution >= 4 is 17.7 Å². The fourth-order valence-electron chi connectivity index (χ4n) is 1.12. The topological polar surface area (TPSA) is 35.5 Å². The number of halogens is 1. The van der Waals surface area contributed by atoms with Gasteiger partial charge in [0.25, 0.3) is 0 Å². The van der Waals surface area contributed by atoms with Gasteiger partial charge in [-0.2, -0.15) is 0 Å². The Morgan fingerprint density at radius 2 is 2.12 bits per heavy atom. The minimum atomic E-state index is -0.286. The molecule has 5 heteroatoms. The zero-order valence-electron chi connectivity index (χ0n) is 9.65. The van der Waals surface area contributed by atoms with Crippen LogP contribution in [0.5, 0.6) is 0 Å². The zero-order valence-corrected chi connectivity index (χ0v) is 10.5. The molecule has 0 unspecified atom stereocenters. The lowest BCUT2D eigenvalue weighted by Crippen LogP contribution is -2.10. The maximum Gasteiger partial charge on any atom is 0.306 e. The largest absolute Gasteiger partial charge is 0.463 e. The van der Waals surface area contributed by atoms with Gasteiger partial charge in [-0.05, 0) is 12.1 Å². The van der Waals surface area contributed by atoms with Crippen LogP contribution in [0.15, 0.2) is 29.2 Å². The van der Waals surface area contributed by atoms with Crippen molar-refractivity contribution in [2.45, 2.75) is 11.3 Å². The van der Waals surface area contributed by atoms with Crippen LogP contribution in [0.25, 0.3) is 0 Å². The van der Waals surface area contributed by atoms with E-state index in [-0.39, 0.29) is 24.8 Å². The number of methoxy groups -OCH3 is 1. The Balaban J connectivity index is 2.19. The Bertz CT molecular complexity index is 357. The number of benzene rings is 1. The van der Waals surface area contributed by atoms with Crippen molar-refractivity contribution in [3.63, 3.8) is 0 Å². The molecule has 0 bridgehead atoms. The zero-order chi connectivity index (χ0) is 12.5. The van der Waals surface area contributed by atoms with E-state index >= 15 is 0 Å². The van der Waals surface area contributed by atoms with Gasteiger partial charge in [0, 0.05) is 17.8 Å². The predicted molar refractivity (Wildman–Crippen MR) is 64.6 cm³/mol. The second-order valence-electron chi connectivity index (χ2n) is 3.24. The summed E-state index contributed by atoms with van der Waals surface area (Å²) in [5.74, 6) is -0.0385. The highest BCUT2D eigenvalue weighted by molar-refractivity contribution is 7.99. The van der Waals surface area contributed by atoms with Crippen LogP contribution >= 0.6 is 11.8 Å². The highest BCUT2D eigenvalue weighted by Crippen LogP contribution is 2.21. The summed E-state index contributed by atoms with van der Waals surface area (Å²) in [6.45, 7) is 0.659. The summed E-state index contributed by atoms with van der Waals surface area (Å²) >= 11 is 1.31. The number of thioether (sulfide) groups is 1. The van der Waals surface area contributed by atoms with E-state index in [4.69, 9.17) is 9.47 Å². The summed E-state index contributed by atoms with van der Waals surface area (Å²) in [6, 6.07) is 6.50. The standard InChI is InChI=1S/C12H15FO3S/c1-15-7-8-16-12(14)6-9-17-11-5-3-2-4-10(11)13/h2-5H,6-9H2,1H3. The molecule has 3 nitrogen and oxygen atoms in total. The normalized spacial score (nSPS) is 10.2. The van der Waals surface area contributed by atoms with Gasteiger partial charge in [0.05, 0.1) is 13.0 Å². The van der Waals surface area contributed by atoms with Crippen LogP contribution in [0.2, 0.25) is 0 Å². The molecule has 0 fully saturated rings. The Morgan fingerprint density at radius 3 is 2.82 bits per heavy atom. The van der Waals surface area contributed by atoms with Crippen LogP contribution in [0.3, 0.4) is 0 Å². The molecular formula is C12H15FO3S. The minimum Gasteiger partial charge on any atom is -0.463 e. The summed E-state index contributed by atoms with van der Waals surface area (Å²) in [6.07, 6.45) is 0.267. The Kier molecular flexibility index (Phi) is 6.65. The molecule has 0 radical (unpaired) electrons.